The summed E-state index contributed by atoms with van der Waals surface area (Å²) < 4.78 is 0. The van der Waals surface area contributed by atoms with Crippen LogP contribution in [0.25, 0.3) is 17.2 Å². The predicted octanol–water partition coefficient (Wildman–Crippen LogP) is 9.55. The average molecular weight is 479 g/mol. The highest BCUT2D eigenvalue weighted by molar-refractivity contribution is 5.84. The standard InChI is InChI=1S/C35H30N2/c1-36(30-13-4-2-5-14-30)31-23-19-27(20-24-31)28-21-25-33(26-22-28)37(32-15-6-3-7-16-32)35-18-10-12-29-11-8-9-17-34(29)35/h2-7,9-10,12-26H,8,11H2,1H3. The number of para-hydroxylation sites is 2. The Balaban J connectivity index is 1.32. The molecule has 0 bridgehead atoms. The second kappa shape index (κ2) is 10.2. The number of benzene rings is 5. The minimum atomic E-state index is 1.09. The highest BCUT2D eigenvalue weighted by Crippen LogP contribution is 2.40. The molecule has 0 N–H and O–H groups in total. The van der Waals surface area contributed by atoms with Crippen LogP contribution in [0.4, 0.5) is 28.4 Å². The molecular weight excluding hydrogens is 448 g/mol. The smallest absolute Gasteiger partial charge is 0.0536 e. The van der Waals surface area contributed by atoms with E-state index in [2.05, 4.69) is 150 Å². The van der Waals surface area contributed by atoms with Gasteiger partial charge in [0.2, 0.25) is 0 Å². The van der Waals surface area contributed by atoms with Crippen LogP contribution in [0.3, 0.4) is 0 Å². The number of hydrogen-bond acceptors (Lipinski definition) is 2. The van der Waals surface area contributed by atoms with Crippen molar-refractivity contribution >= 4 is 34.5 Å². The molecule has 0 unspecified atom stereocenters. The molecule has 2 nitrogen and oxygen atoms in total. The molecule has 0 atom stereocenters. The van der Waals surface area contributed by atoms with Crippen LogP contribution in [-0.4, -0.2) is 7.05 Å². The van der Waals surface area contributed by atoms with E-state index in [0.717, 1.165) is 24.2 Å². The zero-order chi connectivity index (χ0) is 25.0. The fourth-order valence-corrected chi connectivity index (χ4v) is 5.13. The van der Waals surface area contributed by atoms with Crippen molar-refractivity contribution in [3.05, 3.63) is 145 Å². The van der Waals surface area contributed by atoms with E-state index in [1.165, 1.54) is 39.3 Å². The maximum atomic E-state index is 2.37. The Bertz CT molecular complexity index is 1500. The molecule has 0 saturated carbocycles. The third kappa shape index (κ3) is 4.66. The zero-order valence-corrected chi connectivity index (χ0v) is 21.1. The van der Waals surface area contributed by atoms with Crippen LogP contribution in [0.15, 0.2) is 133 Å². The topological polar surface area (TPSA) is 6.48 Å². The lowest BCUT2D eigenvalue weighted by Crippen LogP contribution is -2.12. The van der Waals surface area contributed by atoms with Crippen LogP contribution in [0.5, 0.6) is 0 Å². The van der Waals surface area contributed by atoms with Crippen LogP contribution in [-0.2, 0) is 6.42 Å². The Labute approximate surface area is 219 Å². The van der Waals surface area contributed by atoms with Gasteiger partial charge in [0.1, 0.15) is 0 Å². The van der Waals surface area contributed by atoms with E-state index < -0.39 is 0 Å². The van der Waals surface area contributed by atoms with Gasteiger partial charge in [0.25, 0.3) is 0 Å². The van der Waals surface area contributed by atoms with Gasteiger partial charge in [-0.15, -0.1) is 0 Å². The summed E-state index contributed by atoms with van der Waals surface area (Å²) in [6.07, 6.45) is 6.77. The Morgan fingerprint density at radius 1 is 0.514 bits per heavy atom. The number of allylic oxidation sites excluding steroid dienone is 1. The molecule has 0 aliphatic heterocycles. The van der Waals surface area contributed by atoms with Crippen molar-refractivity contribution in [3.63, 3.8) is 0 Å². The third-order valence-corrected chi connectivity index (χ3v) is 7.15. The molecule has 0 aromatic heterocycles. The molecule has 0 radical (unpaired) electrons. The lowest BCUT2D eigenvalue weighted by atomic mass is 9.95. The largest absolute Gasteiger partial charge is 0.345 e. The summed E-state index contributed by atoms with van der Waals surface area (Å²) in [4.78, 5) is 4.58. The second-order valence-electron chi connectivity index (χ2n) is 9.45. The summed E-state index contributed by atoms with van der Waals surface area (Å²) in [6, 6.07) is 45.5. The van der Waals surface area contributed by atoms with Gasteiger partial charge in [-0.2, -0.15) is 0 Å². The summed E-state index contributed by atoms with van der Waals surface area (Å²) in [5.74, 6) is 0. The first-order valence-electron chi connectivity index (χ1n) is 12.9. The van der Waals surface area contributed by atoms with Crippen LogP contribution >= 0.6 is 0 Å². The second-order valence-corrected chi connectivity index (χ2v) is 9.45. The Morgan fingerprint density at radius 3 is 1.70 bits per heavy atom. The summed E-state index contributed by atoms with van der Waals surface area (Å²) in [6.45, 7) is 0. The maximum Gasteiger partial charge on any atom is 0.0536 e. The molecule has 5 aromatic rings. The van der Waals surface area contributed by atoms with Crippen LogP contribution in [0, 0.1) is 0 Å². The van der Waals surface area contributed by atoms with Crippen molar-refractivity contribution in [2.24, 2.45) is 0 Å². The highest BCUT2D eigenvalue weighted by atomic mass is 15.1. The number of hydrogen-bond donors (Lipinski definition) is 0. The minimum absolute atomic E-state index is 1.09. The number of fused-ring (bicyclic) bond motifs is 1. The van der Waals surface area contributed by atoms with Crippen LogP contribution < -0.4 is 9.80 Å². The highest BCUT2D eigenvalue weighted by Gasteiger charge is 2.18. The first kappa shape index (κ1) is 22.9. The Morgan fingerprint density at radius 2 is 1.05 bits per heavy atom. The van der Waals surface area contributed by atoms with Gasteiger partial charge in [-0.1, -0.05) is 84.9 Å². The molecule has 37 heavy (non-hydrogen) atoms. The molecule has 0 heterocycles. The van der Waals surface area contributed by atoms with Gasteiger partial charge >= 0.3 is 0 Å². The quantitative estimate of drug-likeness (QED) is 0.240. The summed E-state index contributed by atoms with van der Waals surface area (Å²) in [5, 5.41) is 0. The van der Waals surface area contributed by atoms with Crippen molar-refractivity contribution in [1.82, 2.24) is 0 Å². The van der Waals surface area contributed by atoms with Crippen molar-refractivity contribution in [2.45, 2.75) is 12.8 Å². The molecule has 0 saturated heterocycles. The molecule has 2 heteroatoms. The van der Waals surface area contributed by atoms with Gasteiger partial charge in [-0.25, -0.2) is 0 Å². The maximum absolute atomic E-state index is 2.37. The monoisotopic (exact) mass is 478 g/mol. The molecule has 0 spiro atoms. The van der Waals surface area contributed by atoms with Crippen molar-refractivity contribution in [3.8, 4) is 11.1 Å². The van der Waals surface area contributed by atoms with Gasteiger partial charge in [-0.05, 0) is 84.1 Å². The SMILES string of the molecule is CN(c1ccccc1)c1ccc(-c2ccc(N(c3ccccc3)c3cccc4c3C=CCC4)cc2)cc1. The van der Waals surface area contributed by atoms with E-state index in [0.29, 0.717) is 0 Å². The Hall–Kier alpha value is -4.56. The van der Waals surface area contributed by atoms with Gasteiger partial charge in [0.15, 0.2) is 0 Å². The molecule has 5 aromatic carbocycles. The van der Waals surface area contributed by atoms with Crippen molar-refractivity contribution in [2.75, 3.05) is 16.8 Å². The van der Waals surface area contributed by atoms with Crippen LogP contribution in [0.1, 0.15) is 17.5 Å². The van der Waals surface area contributed by atoms with E-state index in [1.807, 2.05) is 6.07 Å². The Kier molecular flexibility index (Phi) is 6.31. The van der Waals surface area contributed by atoms with Gasteiger partial charge < -0.3 is 9.80 Å². The molecule has 0 fully saturated rings. The van der Waals surface area contributed by atoms with E-state index in [4.69, 9.17) is 0 Å². The summed E-state index contributed by atoms with van der Waals surface area (Å²) >= 11 is 0. The van der Waals surface area contributed by atoms with Crippen LogP contribution in [0.2, 0.25) is 0 Å². The molecule has 1 aliphatic carbocycles. The summed E-state index contributed by atoms with van der Waals surface area (Å²) in [7, 11) is 2.11. The average Bonchev–Trinajstić information content (AvgIpc) is 2.98. The number of nitrogens with zero attached hydrogens (tertiary/aromatic N) is 2. The fourth-order valence-electron chi connectivity index (χ4n) is 5.13. The van der Waals surface area contributed by atoms with Gasteiger partial charge in [0, 0.05) is 35.4 Å². The van der Waals surface area contributed by atoms with E-state index in [9.17, 15) is 0 Å². The zero-order valence-electron chi connectivity index (χ0n) is 21.1. The van der Waals surface area contributed by atoms with E-state index in [-0.39, 0.29) is 0 Å². The van der Waals surface area contributed by atoms with Crippen molar-refractivity contribution in [1.29, 1.82) is 0 Å². The first-order chi connectivity index (χ1) is 18.3. The third-order valence-electron chi connectivity index (χ3n) is 7.15. The predicted molar refractivity (Wildman–Crippen MR) is 158 cm³/mol. The van der Waals surface area contributed by atoms with E-state index in [1.54, 1.807) is 0 Å². The number of rotatable bonds is 6. The molecule has 180 valence electrons. The van der Waals surface area contributed by atoms with Crippen molar-refractivity contribution < 1.29 is 0 Å². The lowest BCUT2D eigenvalue weighted by molar-refractivity contribution is 0.984. The minimum Gasteiger partial charge on any atom is -0.345 e. The summed E-state index contributed by atoms with van der Waals surface area (Å²) in [5.41, 5.74) is 11.0. The van der Waals surface area contributed by atoms with Gasteiger partial charge in [0.05, 0.1) is 5.69 Å². The lowest BCUT2D eigenvalue weighted by Gasteiger charge is -2.29. The first-order valence-corrected chi connectivity index (χ1v) is 12.9. The van der Waals surface area contributed by atoms with Gasteiger partial charge in [-0.3, -0.25) is 0 Å². The molecule has 0 amide bonds. The number of anilines is 5. The number of aryl methyl sites for hydroxylation is 1. The molecule has 1 aliphatic rings. The van der Waals surface area contributed by atoms with E-state index >= 15 is 0 Å². The molecular formula is C35H30N2. The molecule has 6 rings (SSSR count). The fraction of sp³-hybridized carbons (Fsp3) is 0.0857. The normalized spacial score (nSPS) is 12.1.